The summed E-state index contributed by atoms with van der Waals surface area (Å²) in [6.07, 6.45) is 7.71. The molecule has 3 N–H and O–H groups in total. The van der Waals surface area contributed by atoms with E-state index in [-0.39, 0.29) is 11.9 Å². The van der Waals surface area contributed by atoms with Gasteiger partial charge in [0.1, 0.15) is 0 Å². The molecule has 1 aromatic carbocycles. The van der Waals surface area contributed by atoms with Gasteiger partial charge in [-0.25, -0.2) is 9.50 Å². The molecule has 0 spiro atoms. The molecule has 0 radical (unpaired) electrons. The van der Waals surface area contributed by atoms with E-state index in [9.17, 15) is 4.79 Å². The first-order valence-corrected chi connectivity index (χ1v) is 11.5. The molecular formula is C25H24N8O2. The van der Waals surface area contributed by atoms with E-state index in [1.54, 1.807) is 27.8 Å². The van der Waals surface area contributed by atoms with Crippen molar-refractivity contribution < 1.29 is 9.53 Å². The van der Waals surface area contributed by atoms with Crippen LogP contribution in [0.15, 0.2) is 55.0 Å². The predicted octanol–water partition coefficient (Wildman–Crippen LogP) is 2.98. The van der Waals surface area contributed by atoms with Gasteiger partial charge in [0.05, 0.1) is 18.3 Å². The second-order valence-corrected chi connectivity index (χ2v) is 8.82. The molecule has 10 heteroatoms. The molecule has 4 aromatic heterocycles. The maximum atomic E-state index is 13.2. The number of nitrogens with zero attached hydrogens (tertiary/aromatic N) is 6. The van der Waals surface area contributed by atoms with Gasteiger partial charge in [-0.05, 0) is 60.2 Å². The Hall–Kier alpha value is -4.47. The number of nitrogens with two attached hydrogens (primary N) is 1. The van der Waals surface area contributed by atoms with Crippen molar-refractivity contribution in [3.05, 3.63) is 66.1 Å². The van der Waals surface area contributed by atoms with Gasteiger partial charge in [-0.2, -0.15) is 10.1 Å². The van der Waals surface area contributed by atoms with Gasteiger partial charge >= 0.3 is 0 Å². The first kappa shape index (κ1) is 21.1. The lowest BCUT2D eigenvalue weighted by atomic mass is 9.99. The number of ether oxygens (including phenoxy) is 1. The molecule has 0 bridgehead atoms. The molecule has 1 aliphatic rings. The van der Waals surface area contributed by atoms with E-state index in [0.29, 0.717) is 36.2 Å². The highest BCUT2D eigenvalue weighted by atomic mass is 16.5. The molecule has 0 unspecified atom stereocenters. The molecule has 1 amide bonds. The van der Waals surface area contributed by atoms with E-state index in [1.807, 2.05) is 43.4 Å². The van der Waals surface area contributed by atoms with Crippen LogP contribution in [0.1, 0.15) is 28.8 Å². The van der Waals surface area contributed by atoms with Gasteiger partial charge in [0.2, 0.25) is 11.8 Å². The average Bonchev–Trinajstić information content (AvgIpc) is 3.52. The topological polar surface area (TPSA) is 125 Å². The zero-order chi connectivity index (χ0) is 23.9. The van der Waals surface area contributed by atoms with Crippen LogP contribution in [0.2, 0.25) is 0 Å². The minimum absolute atomic E-state index is 0.195. The molecule has 1 fully saturated rings. The fourth-order valence-electron chi connectivity index (χ4n) is 4.13. The first-order valence-electron chi connectivity index (χ1n) is 11.5. The number of hydrogen-bond donors (Lipinski definition) is 2. The molecule has 176 valence electrons. The van der Waals surface area contributed by atoms with E-state index in [4.69, 9.17) is 10.5 Å². The van der Waals surface area contributed by atoms with Crippen molar-refractivity contribution in [1.29, 1.82) is 0 Å². The number of fused-ring (bicyclic) bond motifs is 2. The molecule has 0 saturated heterocycles. The number of nitrogen functional groups attached to an aromatic ring is 1. The Bertz CT molecular complexity index is 1570. The molecular weight excluding hydrogens is 444 g/mol. The standard InChI is InChI=1S/C25H24N8O2/c1-32-21-10-18(23(34)28-12-17-3-2-7-27-24(17)35-14-15-4-5-15)9-19(20(21)13-29-32)16-6-8-33-22(11-16)30-25(26)31-33/h2-3,6-11,13,15H,4-5,12,14H2,1H3,(H2,26,31)(H,28,34). The second-order valence-electron chi connectivity index (χ2n) is 8.82. The van der Waals surface area contributed by atoms with E-state index < -0.39 is 0 Å². The zero-order valence-electron chi connectivity index (χ0n) is 19.2. The van der Waals surface area contributed by atoms with Crippen molar-refractivity contribution in [2.75, 3.05) is 12.3 Å². The Morgan fingerprint density at radius 2 is 2.14 bits per heavy atom. The number of nitrogens with one attached hydrogen (secondary N) is 1. The summed E-state index contributed by atoms with van der Waals surface area (Å²) in [5, 5.41) is 12.5. The van der Waals surface area contributed by atoms with Crippen molar-refractivity contribution >= 4 is 28.4 Å². The number of carbonyl (C=O) groups excluding carboxylic acids is 1. The van der Waals surface area contributed by atoms with Crippen molar-refractivity contribution in [1.82, 2.24) is 34.7 Å². The monoisotopic (exact) mass is 468 g/mol. The number of carbonyl (C=O) groups is 1. The Morgan fingerprint density at radius 1 is 1.26 bits per heavy atom. The zero-order valence-corrected chi connectivity index (χ0v) is 19.2. The number of hydrogen-bond acceptors (Lipinski definition) is 7. The van der Waals surface area contributed by atoms with Crippen molar-refractivity contribution in [3.8, 4) is 17.0 Å². The molecule has 1 saturated carbocycles. The summed E-state index contributed by atoms with van der Waals surface area (Å²) in [5.41, 5.74) is 10.4. The van der Waals surface area contributed by atoms with Gasteiger partial charge in [-0.15, -0.1) is 5.10 Å². The van der Waals surface area contributed by atoms with Crippen LogP contribution in [0, 0.1) is 5.92 Å². The van der Waals surface area contributed by atoms with Gasteiger partial charge in [-0.3, -0.25) is 9.48 Å². The van der Waals surface area contributed by atoms with Crippen LogP contribution in [-0.2, 0) is 13.6 Å². The quantitative estimate of drug-likeness (QED) is 0.376. The summed E-state index contributed by atoms with van der Waals surface area (Å²) in [7, 11) is 1.86. The van der Waals surface area contributed by atoms with Crippen LogP contribution in [0.25, 0.3) is 27.7 Å². The molecule has 0 aliphatic heterocycles. The van der Waals surface area contributed by atoms with Gasteiger partial charge in [0, 0.05) is 42.5 Å². The van der Waals surface area contributed by atoms with Crippen LogP contribution in [0.4, 0.5) is 5.95 Å². The van der Waals surface area contributed by atoms with Crippen molar-refractivity contribution in [2.24, 2.45) is 13.0 Å². The molecule has 4 heterocycles. The fraction of sp³-hybridized carbons (Fsp3) is 0.240. The van der Waals surface area contributed by atoms with Gasteiger partial charge in [0.25, 0.3) is 5.91 Å². The van der Waals surface area contributed by atoms with E-state index in [2.05, 4.69) is 25.5 Å². The summed E-state index contributed by atoms with van der Waals surface area (Å²) in [6, 6.07) is 11.3. The number of pyridine rings is 2. The van der Waals surface area contributed by atoms with Gasteiger partial charge in [-0.1, -0.05) is 6.07 Å². The fourth-order valence-corrected chi connectivity index (χ4v) is 4.13. The van der Waals surface area contributed by atoms with E-state index in [0.717, 1.165) is 27.6 Å². The lowest BCUT2D eigenvalue weighted by molar-refractivity contribution is 0.0950. The van der Waals surface area contributed by atoms with Gasteiger partial charge < -0.3 is 15.8 Å². The van der Waals surface area contributed by atoms with Crippen LogP contribution < -0.4 is 15.8 Å². The highest BCUT2D eigenvalue weighted by Gasteiger charge is 2.23. The summed E-state index contributed by atoms with van der Waals surface area (Å²) >= 11 is 0. The Morgan fingerprint density at radius 3 is 3.00 bits per heavy atom. The van der Waals surface area contributed by atoms with Gasteiger partial charge in [0.15, 0.2) is 5.65 Å². The van der Waals surface area contributed by atoms with Crippen molar-refractivity contribution in [3.63, 3.8) is 0 Å². The van der Waals surface area contributed by atoms with Crippen molar-refractivity contribution in [2.45, 2.75) is 19.4 Å². The first-order chi connectivity index (χ1) is 17.0. The SMILES string of the molecule is Cn1ncc2c(-c3ccn4nc(N)nc4c3)cc(C(=O)NCc3cccnc3OCC3CC3)cc21. The number of rotatable bonds is 7. The van der Waals surface area contributed by atoms with E-state index >= 15 is 0 Å². The highest BCUT2D eigenvalue weighted by Crippen LogP contribution is 2.31. The second kappa shape index (κ2) is 8.39. The third kappa shape index (κ3) is 4.14. The highest BCUT2D eigenvalue weighted by molar-refractivity contribution is 6.03. The summed E-state index contributed by atoms with van der Waals surface area (Å²) in [5.74, 6) is 1.21. The Balaban J connectivity index is 1.30. The maximum absolute atomic E-state index is 13.2. The minimum Gasteiger partial charge on any atom is -0.477 e. The maximum Gasteiger partial charge on any atom is 0.251 e. The predicted molar refractivity (Wildman–Crippen MR) is 131 cm³/mol. The van der Waals surface area contributed by atoms with Crippen LogP contribution in [0.3, 0.4) is 0 Å². The summed E-state index contributed by atoms with van der Waals surface area (Å²) < 4.78 is 9.26. The average molecular weight is 469 g/mol. The molecule has 6 rings (SSSR count). The smallest absolute Gasteiger partial charge is 0.251 e. The molecule has 5 aromatic rings. The summed E-state index contributed by atoms with van der Waals surface area (Å²) in [6.45, 7) is 0.983. The molecule has 0 atom stereocenters. The van der Waals surface area contributed by atoms with Crippen LogP contribution in [0.5, 0.6) is 5.88 Å². The molecule has 10 nitrogen and oxygen atoms in total. The lowest BCUT2D eigenvalue weighted by Gasteiger charge is -2.12. The molecule has 35 heavy (non-hydrogen) atoms. The normalized spacial score (nSPS) is 13.4. The number of aromatic nitrogens is 6. The van der Waals surface area contributed by atoms with Crippen LogP contribution >= 0.6 is 0 Å². The third-order valence-corrected chi connectivity index (χ3v) is 6.24. The lowest BCUT2D eigenvalue weighted by Crippen LogP contribution is -2.23. The minimum atomic E-state index is -0.195. The third-order valence-electron chi connectivity index (χ3n) is 6.24. The molecule has 1 aliphatic carbocycles. The largest absolute Gasteiger partial charge is 0.477 e. The number of benzene rings is 1. The Labute approximate surface area is 200 Å². The Kier molecular flexibility index (Phi) is 5.05. The summed E-state index contributed by atoms with van der Waals surface area (Å²) in [4.78, 5) is 21.8. The number of anilines is 1. The van der Waals surface area contributed by atoms with Crippen LogP contribution in [-0.4, -0.2) is 41.9 Å². The number of aryl methyl sites for hydroxylation is 1. The van der Waals surface area contributed by atoms with E-state index in [1.165, 1.54) is 12.8 Å². The number of amides is 1.